The zero-order chi connectivity index (χ0) is 13.7. The molecule has 0 atom stereocenters. The van der Waals surface area contributed by atoms with Crippen molar-refractivity contribution in [2.75, 3.05) is 26.1 Å². The lowest BCUT2D eigenvalue weighted by Crippen LogP contribution is -2.07. The van der Waals surface area contributed by atoms with Gasteiger partial charge in [0.25, 0.3) is 0 Å². The molecule has 0 radical (unpaired) electrons. The Bertz CT molecular complexity index is 545. The van der Waals surface area contributed by atoms with Crippen molar-refractivity contribution in [3.8, 4) is 5.75 Å². The summed E-state index contributed by atoms with van der Waals surface area (Å²) in [7, 11) is 5.66. The number of hydrogen-bond acceptors (Lipinski definition) is 4. The molecule has 0 bridgehead atoms. The Morgan fingerprint density at radius 1 is 0.789 bits per heavy atom. The van der Waals surface area contributed by atoms with Gasteiger partial charge < -0.3 is 9.64 Å². The van der Waals surface area contributed by atoms with E-state index in [0.29, 0.717) is 0 Å². The largest absolute Gasteiger partial charge is 0.497 e. The minimum absolute atomic E-state index is 0.803. The molecule has 98 valence electrons. The molecule has 0 heterocycles. The van der Waals surface area contributed by atoms with Crippen LogP contribution in [0.2, 0.25) is 0 Å². The number of ether oxygens (including phenoxy) is 1. The van der Waals surface area contributed by atoms with E-state index in [0.717, 1.165) is 22.8 Å². The van der Waals surface area contributed by atoms with E-state index in [1.165, 1.54) is 0 Å². The van der Waals surface area contributed by atoms with Gasteiger partial charge in [-0.05, 0) is 48.5 Å². The van der Waals surface area contributed by atoms with Crippen molar-refractivity contribution in [3.05, 3.63) is 48.5 Å². The van der Waals surface area contributed by atoms with Gasteiger partial charge in [0, 0.05) is 19.8 Å². The minimum atomic E-state index is 0.803. The average Bonchev–Trinajstić information content (AvgIpc) is 2.46. The van der Waals surface area contributed by atoms with Crippen LogP contribution in [0.5, 0.6) is 5.75 Å². The molecule has 4 heteroatoms. The number of azo groups is 1. The van der Waals surface area contributed by atoms with E-state index in [2.05, 4.69) is 10.2 Å². The molecule has 0 unspecified atom stereocenters. The number of anilines is 1. The first-order valence-electron chi connectivity index (χ1n) is 6.02. The molecule has 2 rings (SSSR count). The number of nitrogens with zero attached hydrogens (tertiary/aromatic N) is 3. The lowest BCUT2D eigenvalue weighted by molar-refractivity contribution is 0.415. The Balaban J connectivity index is 2.08. The van der Waals surface area contributed by atoms with E-state index in [4.69, 9.17) is 4.74 Å². The quantitative estimate of drug-likeness (QED) is 0.769. The summed E-state index contributed by atoms with van der Waals surface area (Å²) in [5.74, 6) is 0.814. The van der Waals surface area contributed by atoms with Gasteiger partial charge in [-0.3, -0.25) is 0 Å². The molecule has 0 aliphatic heterocycles. The molecule has 19 heavy (non-hydrogen) atoms. The van der Waals surface area contributed by atoms with Gasteiger partial charge in [-0.2, -0.15) is 10.2 Å². The first-order chi connectivity index (χ1) is 9.19. The molecule has 0 saturated carbocycles. The Kier molecular flexibility index (Phi) is 4.13. The van der Waals surface area contributed by atoms with Crippen LogP contribution in [-0.4, -0.2) is 21.2 Å². The molecular weight excluding hydrogens is 238 g/mol. The van der Waals surface area contributed by atoms with Crippen LogP contribution < -0.4 is 9.64 Å². The molecule has 4 nitrogen and oxygen atoms in total. The fourth-order valence-corrected chi connectivity index (χ4v) is 1.58. The minimum Gasteiger partial charge on any atom is -0.497 e. The van der Waals surface area contributed by atoms with Crippen molar-refractivity contribution in [1.82, 2.24) is 0 Å². The average molecular weight is 255 g/mol. The van der Waals surface area contributed by atoms with Crippen LogP contribution in [0.25, 0.3) is 0 Å². The number of rotatable bonds is 4. The van der Waals surface area contributed by atoms with Gasteiger partial charge in [0.1, 0.15) is 5.75 Å². The van der Waals surface area contributed by atoms with Crippen LogP contribution in [0.4, 0.5) is 17.1 Å². The van der Waals surface area contributed by atoms with Crippen LogP contribution in [0.15, 0.2) is 58.8 Å². The molecule has 0 amide bonds. The molecule has 0 aliphatic rings. The summed E-state index contributed by atoms with van der Waals surface area (Å²) in [4.78, 5) is 2.05. The van der Waals surface area contributed by atoms with Gasteiger partial charge in [0.2, 0.25) is 0 Å². The smallest absolute Gasteiger partial charge is 0.119 e. The van der Waals surface area contributed by atoms with E-state index in [1.807, 2.05) is 67.5 Å². The highest BCUT2D eigenvalue weighted by Gasteiger charge is 1.95. The Labute approximate surface area is 113 Å². The lowest BCUT2D eigenvalue weighted by atomic mass is 10.3. The Morgan fingerprint density at radius 3 is 1.68 bits per heavy atom. The molecule has 0 saturated heterocycles. The van der Waals surface area contributed by atoms with Crippen molar-refractivity contribution in [3.63, 3.8) is 0 Å². The van der Waals surface area contributed by atoms with Gasteiger partial charge in [-0.15, -0.1) is 0 Å². The molecule has 2 aromatic rings. The van der Waals surface area contributed by atoms with Crippen LogP contribution >= 0.6 is 0 Å². The molecule has 0 spiro atoms. The van der Waals surface area contributed by atoms with Gasteiger partial charge in [-0.1, -0.05) is 0 Å². The van der Waals surface area contributed by atoms with E-state index < -0.39 is 0 Å². The maximum absolute atomic E-state index is 5.09. The number of hydrogen-bond donors (Lipinski definition) is 0. The van der Waals surface area contributed by atoms with Gasteiger partial charge in [0.15, 0.2) is 0 Å². The first kappa shape index (κ1) is 13.1. The molecular formula is C15H17N3O. The maximum Gasteiger partial charge on any atom is 0.119 e. The van der Waals surface area contributed by atoms with Crippen molar-refractivity contribution in [2.24, 2.45) is 10.2 Å². The third-order valence-electron chi connectivity index (χ3n) is 2.72. The maximum atomic E-state index is 5.09. The zero-order valence-electron chi connectivity index (χ0n) is 11.4. The normalized spacial score (nSPS) is 10.7. The third kappa shape index (κ3) is 3.55. The van der Waals surface area contributed by atoms with E-state index >= 15 is 0 Å². The summed E-state index contributed by atoms with van der Waals surface area (Å²) in [6, 6.07) is 15.4. The fraction of sp³-hybridized carbons (Fsp3) is 0.200. The van der Waals surface area contributed by atoms with Crippen LogP contribution in [0.3, 0.4) is 0 Å². The van der Waals surface area contributed by atoms with Crippen molar-refractivity contribution in [1.29, 1.82) is 0 Å². The Hall–Kier alpha value is -2.36. The molecule has 0 aromatic heterocycles. The summed E-state index contributed by atoms with van der Waals surface area (Å²) in [5.41, 5.74) is 2.78. The lowest BCUT2D eigenvalue weighted by Gasteiger charge is -2.11. The highest BCUT2D eigenvalue weighted by atomic mass is 16.5. The Morgan fingerprint density at radius 2 is 1.26 bits per heavy atom. The summed E-state index contributed by atoms with van der Waals surface area (Å²) >= 11 is 0. The SMILES string of the molecule is COc1ccc(/N=N/c2ccc(N(C)C)cc2)cc1. The van der Waals surface area contributed by atoms with Crippen molar-refractivity contribution >= 4 is 17.1 Å². The predicted molar refractivity (Wildman–Crippen MR) is 77.9 cm³/mol. The third-order valence-corrected chi connectivity index (χ3v) is 2.72. The summed E-state index contributed by atoms with van der Waals surface area (Å²) in [5, 5.41) is 8.38. The zero-order valence-corrected chi connectivity index (χ0v) is 11.4. The fourth-order valence-electron chi connectivity index (χ4n) is 1.58. The van der Waals surface area contributed by atoms with Crippen LogP contribution in [0.1, 0.15) is 0 Å². The van der Waals surface area contributed by atoms with Gasteiger partial charge >= 0.3 is 0 Å². The first-order valence-corrected chi connectivity index (χ1v) is 6.02. The molecule has 0 aliphatic carbocycles. The number of methoxy groups -OCH3 is 1. The highest BCUT2D eigenvalue weighted by molar-refractivity contribution is 5.52. The molecule has 0 fully saturated rings. The van der Waals surface area contributed by atoms with Crippen molar-refractivity contribution < 1.29 is 4.74 Å². The van der Waals surface area contributed by atoms with Crippen LogP contribution in [0, 0.1) is 0 Å². The topological polar surface area (TPSA) is 37.2 Å². The standard InChI is InChI=1S/C15H17N3O/c1-18(2)14-8-4-12(5-9-14)16-17-13-6-10-15(19-3)11-7-13/h4-11H,1-3H3/b17-16+. The van der Waals surface area contributed by atoms with Gasteiger partial charge in [0.05, 0.1) is 18.5 Å². The molecule has 0 N–H and O–H groups in total. The van der Waals surface area contributed by atoms with Crippen molar-refractivity contribution in [2.45, 2.75) is 0 Å². The second-order valence-corrected chi connectivity index (χ2v) is 4.31. The molecule has 2 aromatic carbocycles. The predicted octanol–water partition coefficient (Wildman–Crippen LogP) is 4.18. The monoisotopic (exact) mass is 255 g/mol. The van der Waals surface area contributed by atoms with Gasteiger partial charge in [-0.25, -0.2) is 0 Å². The van der Waals surface area contributed by atoms with E-state index in [9.17, 15) is 0 Å². The second kappa shape index (κ2) is 6.00. The van der Waals surface area contributed by atoms with E-state index in [-0.39, 0.29) is 0 Å². The highest BCUT2D eigenvalue weighted by Crippen LogP contribution is 2.22. The van der Waals surface area contributed by atoms with Crippen LogP contribution in [-0.2, 0) is 0 Å². The summed E-state index contributed by atoms with van der Waals surface area (Å²) in [6.45, 7) is 0. The second-order valence-electron chi connectivity index (χ2n) is 4.31. The summed E-state index contributed by atoms with van der Waals surface area (Å²) < 4.78 is 5.09. The van der Waals surface area contributed by atoms with E-state index in [1.54, 1.807) is 7.11 Å². The summed E-state index contributed by atoms with van der Waals surface area (Å²) in [6.07, 6.45) is 0. The number of benzene rings is 2.